The van der Waals surface area contributed by atoms with E-state index in [0.29, 0.717) is 12.8 Å². The van der Waals surface area contributed by atoms with Crippen LogP contribution >= 0.6 is 0 Å². The second-order valence-corrected chi connectivity index (χ2v) is 5.53. The van der Waals surface area contributed by atoms with Crippen molar-refractivity contribution in [2.24, 2.45) is 0 Å². The number of rotatable bonds is 6. The lowest BCUT2D eigenvalue weighted by Gasteiger charge is -2.36. The number of carbonyl (C=O) groups is 1. The minimum atomic E-state index is -1.39. The molecule has 0 saturated carbocycles. The highest BCUT2D eigenvalue weighted by atomic mass is 19.1. The van der Waals surface area contributed by atoms with E-state index in [-0.39, 0.29) is 5.56 Å². The van der Waals surface area contributed by atoms with Crippen LogP contribution in [-0.2, 0) is 16.8 Å². The first-order valence-corrected chi connectivity index (χ1v) is 7.18. The van der Waals surface area contributed by atoms with E-state index in [2.05, 4.69) is 0 Å². The molecule has 0 aliphatic rings. The smallest absolute Gasteiger partial charge is 0.328 e. The van der Waals surface area contributed by atoms with Gasteiger partial charge in [0.15, 0.2) is 0 Å². The molecular weight excluding hydrogens is 281 g/mol. The Morgan fingerprint density at radius 1 is 1.09 bits per heavy atom. The lowest BCUT2D eigenvalue weighted by Crippen LogP contribution is -2.49. The van der Waals surface area contributed by atoms with Crippen LogP contribution in [0.5, 0.6) is 0 Å². The molecular formula is C18H20FNO2. The Labute approximate surface area is 130 Å². The van der Waals surface area contributed by atoms with E-state index in [4.69, 9.17) is 0 Å². The summed E-state index contributed by atoms with van der Waals surface area (Å²) in [6.45, 7) is 0. The summed E-state index contributed by atoms with van der Waals surface area (Å²) in [7, 11) is 3.34. The molecule has 3 nitrogen and oxygen atoms in total. The minimum Gasteiger partial charge on any atom is -0.480 e. The third-order valence-corrected chi connectivity index (χ3v) is 4.05. The fourth-order valence-electron chi connectivity index (χ4n) is 2.78. The molecule has 0 aliphatic heterocycles. The van der Waals surface area contributed by atoms with E-state index in [1.165, 1.54) is 6.07 Å². The van der Waals surface area contributed by atoms with Crippen molar-refractivity contribution in [1.82, 2.24) is 4.90 Å². The number of aryl methyl sites for hydroxylation is 1. The third kappa shape index (κ3) is 3.02. The van der Waals surface area contributed by atoms with Crippen LogP contribution in [-0.4, -0.2) is 30.1 Å². The highest BCUT2D eigenvalue weighted by Gasteiger charge is 2.44. The van der Waals surface area contributed by atoms with Crippen LogP contribution in [0.25, 0.3) is 0 Å². The normalized spacial score (nSPS) is 13.8. The van der Waals surface area contributed by atoms with Gasteiger partial charge < -0.3 is 5.11 Å². The predicted octanol–water partition coefficient (Wildman–Crippen LogP) is 3.30. The monoisotopic (exact) mass is 301 g/mol. The average molecular weight is 301 g/mol. The van der Waals surface area contributed by atoms with Gasteiger partial charge in [-0.25, -0.2) is 9.18 Å². The maximum Gasteiger partial charge on any atom is 0.328 e. The van der Waals surface area contributed by atoms with Crippen molar-refractivity contribution in [2.45, 2.75) is 18.4 Å². The number of hydrogen-bond donors (Lipinski definition) is 1. The van der Waals surface area contributed by atoms with Gasteiger partial charge in [0, 0.05) is 5.56 Å². The maximum atomic E-state index is 14.2. The Bertz CT molecular complexity index is 643. The zero-order chi connectivity index (χ0) is 16.2. The molecule has 0 aliphatic carbocycles. The van der Waals surface area contributed by atoms with E-state index in [1.807, 2.05) is 30.3 Å². The minimum absolute atomic E-state index is 0.198. The standard InChI is InChI=1S/C18H20FNO2/c1-20(2)18(17(21)22,15-10-6-7-11-16(15)19)13-12-14-8-4-3-5-9-14/h3-11H,12-13H2,1-2H3,(H,21,22). The number of benzene rings is 2. The first kappa shape index (κ1) is 16.2. The van der Waals surface area contributed by atoms with Crippen molar-refractivity contribution >= 4 is 5.97 Å². The molecule has 0 amide bonds. The molecule has 4 heteroatoms. The predicted molar refractivity (Wildman–Crippen MR) is 84.2 cm³/mol. The largest absolute Gasteiger partial charge is 0.480 e. The van der Waals surface area contributed by atoms with Gasteiger partial charge in [0.2, 0.25) is 0 Å². The molecule has 1 N–H and O–H groups in total. The Kier molecular flexibility index (Phi) is 4.93. The Balaban J connectivity index is 2.42. The van der Waals surface area contributed by atoms with Gasteiger partial charge in [-0.05, 0) is 38.6 Å². The topological polar surface area (TPSA) is 40.5 Å². The first-order chi connectivity index (χ1) is 10.5. The fraction of sp³-hybridized carbons (Fsp3) is 0.278. The van der Waals surface area contributed by atoms with Crippen LogP contribution in [0.15, 0.2) is 54.6 Å². The Morgan fingerprint density at radius 2 is 1.68 bits per heavy atom. The molecule has 0 saturated heterocycles. The van der Waals surface area contributed by atoms with Crippen LogP contribution in [0.1, 0.15) is 17.5 Å². The zero-order valence-corrected chi connectivity index (χ0v) is 12.8. The number of likely N-dealkylation sites (N-methyl/N-ethyl adjacent to an activating group) is 1. The summed E-state index contributed by atoms with van der Waals surface area (Å²) in [4.78, 5) is 13.6. The molecule has 22 heavy (non-hydrogen) atoms. The number of carboxylic acids is 1. The number of halogens is 1. The van der Waals surface area contributed by atoms with E-state index in [9.17, 15) is 14.3 Å². The molecule has 2 aromatic rings. The van der Waals surface area contributed by atoms with Gasteiger partial charge in [-0.2, -0.15) is 0 Å². The molecule has 2 rings (SSSR count). The van der Waals surface area contributed by atoms with Crippen molar-refractivity contribution in [2.75, 3.05) is 14.1 Å². The number of aliphatic carboxylic acids is 1. The number of hydrogen-bond acceptors (Lipinski definition) is 2. The second-order valence-electron chi connectivity index (χ2n) is 5.53. The van der Waals surface area contributed by atoms with Crippen molar-refractivity contribution in [3.8, 4) is 0 Å². The molecule has 2 aromatic carbocycles. The fourth-order valence-corrected chi connectivity index (χ4v) is 2.78. The van der Waals surface area contributed by atoms with Gasteiger partial charge in [-0.1, -0.05) is 48.5 Å². The van der Waals surface area contributed by atoms with Crippen LogP contribution in [0.4, 0.5) is 4.39 Å². The van der Waals surface area contributed by atoms with Gasteiger partial charge in [0.25, 0.3) is 0 Å². The molecule has 0 spiro atoms. The third-order valence-electron chi connectivity index (χ3n) is 4.05. The SMILES string of the molecule is CN(C)C(CCc1ccccc1)(C(=O)O)c1ccccc1F. The molecule has 0 radical (unpaired) electrons. The van der Waals surface area contributed by atoms with Crippen LogP contribution in [0.2, 0.25) is 0 Å². The summed E-state index contributed by atoms with van der Waals surface area (Å²) < 4.78 is 14.2. The summed E-state index contributed by atoms with van der Waals surface area (Å²) in [5.74, 6) is -1.54. The van der Waals surface area contributed by atoms with Crippen LogP contribution in [0.3, 0.4) is 0 Å². The molecule has 0 heterocycles. The second kappa shape index (κ2) is 6.71. The van der Waals surface area contributed by atoms with Gasteiger partial charge in [0.1, 0.15) is 11.4 Å². The maximum absolute atomic E-state index is 14.2. The Hall–Kier alpha value is -2.20. The van der Waals surface area contributed by atoms with Crippen molar-refractivity contribution in [3.05, 3.63) is 71.5 Å². The molecule has 0 bridgehead atoms. The number of carboxylic acid groups (broad SMARTS) is 1. The Morgan fingerprint density at radius 3 is 2.23 bits per heavy atom. The summed E-state index contributed by atoms with van der Waals surface area (Å²) >= 11 is 0. The summed E-state index contributed by atoms with van der Waals surface area (Å²) in [5, 5.41) is 9.84. The quantitative estimate of drug-likeness (QED) is 0.890. The molecule has 0 fully saturated rings. The summed E-state index contributed by atoms with van der Waals surface area (Å²) in [6.07, 6.45) is 0.847. The van der Waals surface area contributed by atoms with E-state index in [1.54, 1.807) is 37.2 Å². The molecule has 116 valence electrons. The van der Waals surface area contributed by atoms with Gasteiger partial charge in [-0.15, -0.1) is 0 Å². The first-order valence-electron chi connectivity index (χ1n) is 7.18. The van der Waals surface area contributed by atoms with Gasteiger partial charge in [-0.3, -0.25) is 4.90 Å². The van der Waals surface area contributed by atoms with Crippen molar-refractivity contribution < 1.29 is 14.3 Å². The van der Waals surface area contributed by atoms with Crippen molar-refractivity contribution in [1.29, 1.82) is 0 Å². The van der Waals surface area contributed by atoms with Gasteiger partial charge >= 0.3 is 5.97 Å². The van der Waals surface area contributed by atoms with Crippen LogP contribution < -0.4 is 0 Å². The lowest BCUT2D eigenvalue weighted by atomic mass is 9.82. The summed E-state index contributed by atoms with van der Waals surface area (Å²) in [5.41, 5.74) is -0.156. The molecule has 1 unspecified atom stereocenters. The summed E-state index contributed by atoms with van der Waals surface area (Å²) in [6, 6.07) is 15.7. The van der Waals surface area contributed by atoms with Crippen LogP contribution in [0, 0.1) is 5.82 Å². The molecule has 1 atom stereocenters. The molecule has 0 aromatic heterocycles. The van der Waals surface area contributed by atoms with E-state index >= 15 is 0 Å². The number of nitrogens with zero attached hydrogens (tertiary/aromatic N) is 1. The highest BCUT2D eigenvalue weighted by molar-refractivity contribution is 5.81. The van der Waals surface area contributed by atoms with E-state index < -0.39 is 17.3 Å². The van der Waals surface area contributed by atoms with Crippen molar-refractivity contribution in [3.63, 3.8) is 0 Å². The highest BCUT2D eigenvalue weighted by Crippen LogP contribution is 2.34. The van der Waals surface area contributed by atoms with Gasteiger partial charge in [0.05, 0.1) is 0 Å². The van der Waals surface area contributed by atoms with E-state index in [0.717, 1.165) is 5.56 Å². The lowest BCUT2D eigenvalue weighted by molar-refractivity contribution is -0.151. The average Bonchev–Trinajstić information content (AvgIpc) is 2.50. The zero-order valence-electron chi connectivity index (χ0n) is 12.8.